The predicted molar refractivity (Wildman–Crippen MR) is 92.9 cm³/mol. The molecule has 1 aliphatic heterocycles. The molecule has 0 aliphatic carbocycles. The van der Waals surface area contributed by atoms with Crippen LogP contribution in [0, 0.1) is 6.92 Å². The van der Waals surface area contributed by atoms with Crippen LogP contribution >= 0.6 is 0 Å². The lowest BCUT2D eigenvalue weighted by atomic mass is 10.1. The van der Waals surface area contributed by atoms with E-state index < -0.39 is 0 Å². The van der Waals surface area contributed by atoms with Crippen LogP contribution in [0.1, 0.15) is 23.7 Å². The second-order valence-corrected chi connectivity index (χ2v) is 6.36. The number of carbonyl (C=O) groups excluding carboxylic acids is 1. The van der Waals surface area contributed by atoms with Crippen molar-refractivity contribution in [3.05, 3.63) is 60.0 Å². The van der Waals surface area contributed by atoms with E-state index in [2.05, 4.69) is 19.9 Å². The van der Waals surface area contributed by atoms with E-state index in [-0.39, 0.29) is 18.4 Å². The molecular weight excluding hydrogens is 316 g/mol. The number of rotatable bonds is 4. The highest BCUT2D eigenvalue weighted by molar-refractivity contribution is 5.78. The van der Waals surface area contributed by atoms with Gasteiger partial charge in [-0.15, -0.1) is 0 Å². The molecule has 1 unspecified atom stereocenters. The Morgan fingerprint density at radius 3 is 3.04 bits per heavy atom. The van der Waals surface area contributed by atoms with E-state index >= 15 is 0 Å². The fourth-order valence-electron chi connectivity index (χ4n) is 3.21. The molecule has 0 fully saturated rings. The molecule has 0 radical (unpaired) electrons. The number of fused-ring (bicyclic) bond motifs is 1. The zero-order valence-electron chi connectivity index (χ0n) is 14.1. The van der Waals surface area contributed by atoms with Crippen molar-refractivity contribution < 1.29 is 9.21 Å². The van der Waals surface area contributed by atoms with Crippen LogP contribution in [0.5, 0.6) is 0 Å². The molecule has 2 aromatic heterocycles. The van der Waals surface area contributed by atoms with Gasteiger partial charge in [0.1, 0.15) is 11.6 Å². The summed E-state index contributed by atoms with van der Waals surface area (Å²) in [6, 6.07) is 9.85. The standard InChI is InChI=1S/C19H20N4O2/c1-13-16(22-19(25-13)14-5-3-2-4-6-14)11-18(24)21-15-7-8-17-20-9-10-23(17)12-15/h2-6,9-10,15H,7-8,11-12H2,1H3,(H,21,24). The van der Waals surface area contributed by atoms with Gasteiger partial charge >= 0.3 is 0 Å². The Morgan fingerprint density at radius 1 is 1.36 bits per heavy atom. The first-order valence-corrected chi connectivity index (χ1v) is 8.50. The Bertz CT molecular complexity index is 882. The SMILES string of the molecule is Cc1oc(-c2ccccc2)nc1CC(=O)NC1CCc2nccn2C1. The number of nitrogens with zero attached hydrogens (tertiary/aromatic N) is 3. The second kappa shape index (κ2) is 6.55. The fourth-order valence-corrected chi connectivity index (χ4v) is 3.21. The smallest absolute Gasteiger partial charge is 0.226 e. The van der Waals surface area contributed by atoms with Gasteiger partial charge in [-0.25, -0.2) is 9.97 Å². The van der Waals surface area contributed by atoms with Crippen LogP contribution in [-0.2, 0) is 24.2 Å². The van der Waals surface area contributed by atoms with Gasteiger partial charge in [-0.3, -0.25) is 4.79 Å². The molecule has 3 aromatic rings. The van der Waals surface area contributed by atoms with Gasteiger partial charge in [0.05, 0.1) is 12.1 Å². The van der Waals surface area contributed by atoms with Crippen LogP contribution in [0.25, 0.3) is 11.5 Å². The molecule has 4 rings (SSSR count). The Labute approximate surface area is 145 Å². The molecule has 0 spiro atoms. The van der Waals surface area contributed by atoms with Gasteiger partial charge in [0.2, 0.25) is 11.8 Å². The molecule has 0 bridgehead atoms. The first-order valence-electron chi connectivity index (χ1n) is 8.50. The Balaban J connectivity index is 1.41. The summed E-state index contributed by atoms with van der Waals surface area (Å²) in [6.45, 7) is 2.62. The van der Waals surface area contributed by atoms with E-state index in [1.807, 2.05) is 49.6 Å². The summed E-state index contributed by atoms with van der Waals surface area (Å²) in [6.07, 6.45) is 5.80. The van der Waals surface area contributed by atoms with Crippen LogP contribution in [-0.4, -0.2) is 26.5 Å². The van der Waals surface area contributed by atoms with Crippen LogP contribution < -0.4 is 5.32 Å². The molecule has 1 aromatic carbocycles. The third-order valence-corrected chi connectivity index (χ3v) is 4.54. The molecule has 0 saturated heterocycles. The summed E-state index contributed by atoms with van der Waals surface area (Å²) in [5, 5.41) is 3.11. The summed E-state index contributed by atoms with van der Waals surface area (Å²) < 4.78 is 7.82. The minimum atomic E-state index is -0.0235. The van der Waals surface area contributed by atoms with Crippen molar-refractivity contribution >= 4 is 5.91 Å². The molecule has 1 amide bonds. The minimum absolute atomic E-state index is 0.0235. The average Bonchev–Trinajstić information content (AvgIpc) is 3.22. The van der Waals surface area contributed by atoms with Gasteiger partial charge in [-0.2, -0.15) is 0 Å². The molecule has 1 aliphatic rings. The average molecular weight is 336 g/mol. The minimum Gasteiger partial charge on any atom is -0.441 e. The number of benzene rings is 1. The molecule has 128 valence electrons. The molecule has 25 heavy (non-hydrogen) atoms. The molecular formula is C19H20N4O2. The van der Waals surface area contributed by atoms with Crippen LogP contribution in [0.4, 0.5) is 0 Å². The number of aryl methyl sites for hydroxylation is 2. The maximum atomic E-state index is 12.4. The lowest BCUT2D eigenvalue weighted by molar-refractivity contribution is -0.121. The van der Waals surface area contributed by atoms with Crippen LogP contribution in [0.15, 0.2) is 47.1 Å². The van der Waals surface area contributed by atoms with Gasteiger partial charge in [0.25, 0.3) is 0 Å². The number of aromatic nitrogens is 3. The molecule has 6 heteroatoms. The molecule has 1 N–H and O–H groups in total. The summed E-state index contributed by atoms with van der Waals surface area (Å²) in [5.41, 5.74) is 1.60. The fraction of sp³-hybridized carbons (Fsp3) is 0.316. The Kier molecular flexibility index (Phi) is 4.09. The summed E-state index contributed by atoms with van der Waals surface area (Å²) in [4.78, 5) is 21.2. The van der Waals surface area contributed by atoms with E-state index in [4.69, 9.17) is 4.42 Å². The number of hydrogen-bond acceptors (Lipinski definition) is 4. The first-order chi connectivity index (χ1) is 12.2. The maximum Gasteiger partial charge on any atom is 0.226 e. The van der Waals surface area contributed by atoms with Crippen LogP contribution in [0.3, 0.4) is 0 Å². The third-order valence-electron chi connectivity index (χ3n) is 4.54. The van der Waals surface area contributed by atoms with E-state index in [9.17, 15) is 4.79 Å². The second-order valence-electron chi connectivity index (χ2n) is 6.36. The molecule has 1 atom stereocenters. The zero-order valence-corrected chi connectivity index (χ0v) is 14.1. The van der Waals surface area contributed by atoms with Crippen molar-refractivity contribution in [2.24, 2.45) is 0 Å². The maximum absolute atomic E-state index is 12.4. The number of carbonyl (C=O) groups is 1. The van der Waals surface area contributed by atoms with Crippen molar-refractivity contribution in [2.45, 2.75) is 38.8 Å². The monoisotopic (exact) mass is 336 g/mol. The quantitative estimate of drug-likeness (QED) is 0.794. The van der Waals surface area contributed by atoms with Crippen molar-refractivity contribution in [3.8, 4) is 11.5 Å². The number of hydrogen-bond donors (Lipinski definition) is 1. The van der Waals surface area contributed by atoms with E-state index in [1.165, 1.54) is 0 Å². The van der Waals surface area contributed by atoms with Crippen molar-refractivity contribution in [2.75, 3.05) is 0 Å². The first kappa shape index (κ1) is 15.6. The van der Waals surface area contributed by atoms with Crippen molar-refractivity contribution in [3.63, 3.8) is 0 Å². The highest BCUT2D eigenvalue weighted by atomic mass is 16.4. The lowest BCUT2D eigenvalue weighted by Gasteiger charge is -2.24. The van der Waals surface area contributed by atoms with Gasteiger partial charge in [-0.05, 0) is 25.5 Å². The van der Waals surface area contributed by atoms with E-state index in [0.717, 1.165) is 30.8 Å². The topological polar surface area (TPSA) is 73.0 Å². The highest BCUT2D eigenvalue weighted by Gasteiger charge is 2.21. The van der Waals surface area contributed by atoms with Crippen LogP contribution in [0.2, 0.25) is 0 Å². The zero-order chi connectivity index (χ0) is 17.2. The summed E-state index contributed by atoms with van der Waals surface area (Å²) in [5.74, 6) is 2.31. The Morgan fingerprint density at radius 2 is 2.20 bits per heavy atom. The highest BCUT2D eigenvalue weighted by Crippen LogP contribution is 2.21. The molecule has 0 saturated carbocycles. The number of amides is 1. The largest absolute Gasteiger partial charge is 0.441 e. The number of imidazole rings is 1. The van der Waals surface area contributed by atoms with Gasteiger partial charge in [0, 0.05) is 37.0 Å². The summed E-state index contributed by atoms with van der Waals surface area (Å²) in [7, 11) is 0. The lowest BCUT2D eigenvalue weighted by Crippen LogP contribution is -2.41. The normalized spacial score (nSPS) is 16.4. The van der Waals surface area contributed by atoms with Crippen molar-refractivity contribution in [1.82, 2.24) is 19.9 Å². The van der Waals surface area contributed by atoms with E-state index in [0.29, 0.717) is 17.3 Å². The van der Waals surface area contributed by atoms with E-state index in [1.54, 1.807) is 0 Å². The van der Waals surface area contributed by atoms with Crippen molar-refractivity contribution in [1.29, 1.82) is 0 Å². The number of nitrogens with one attached hydrogen (secondary N) is 1. The molecule has 6 nitrogen and oxygen atoms in total. The van der Waals surface area contributed by atoms with Gasteiger partial charge in [0.15, 0.2) is 0 Å². The van der Waals surface area contributed by atoms with Gasteiger partial charge < -0.3 is 14.3 Å². The summed E-state index contributed by atoms with van der Waals surface area (Å²) >= 11 is 0. The third kappa shape index (κ3) is 3.33. The predicted octanol–water partition coefficient (Wildman–Crippen LogP) is 2.52. The van der Waals surface area contributed by atoms with Gasteiger partial charge in [-0.1, -0.05) is 18.2 Å². The number of oxazole rings is 1. The Hall–Kier alpha value is -2.89. The molecule has 3 heterocycles.